The van der Waals surface area contributed by atoms with Crippen molar-refractivity contribution >= 4 is 34.8 Å². The van der Waals surface area contributed by atoms with Crippen molar-refractivity contribution in [1.82, 2.24) is 9.78 Å². The molecule has 1 aromatic heterocycles. The highest BCUT2D eigenvalue weighted by Gasteiger charge is 2.31. The molecule has 6 nitrogen and oxygen atoms in total. The number of aryl methyl sites for hydroxylation is 1. The summed E-state index contributed by atoms with van der Waals surface area (Å²) in [5.74, 6) is -0.386. The predicted octanol–water partition coefficient (Wildman–Crippen LogP) is 2.46. The molecule has 23 heavy (non-hydrogen) atoms. The summed E-state index contributed by atoms with van der Waals surface area (Å²) in [7, 11) is 1.79. The molecule has 120 valence electrons. The van der Waals surface area contributed by atoms with Crippen LogP contribution in [0.4, 0.5) is 11.4 Å². The maximum atomic E-state index is 12.5. The van der Waals surface area contributed by atoms with Crippen LogP contribution in [0.3, 0.4) is 0 Å². The molecule has 0 aliphatic carbocycles. The van der Waals surface area contributed by atoms with Crippen LogP contribution in [0.5, 0.6) is 0 Å². The van der Waals surface area contributed by atoms with E-state index in [1.165, 1.54) is 0 Å². The van der Waals surface area contributed by atoms with E-state index in [1.807, 2.05) is 6.07 Å². The smallest absolute Gasteiger partial charge is 0.229 e. The van der Waals surface area contributed by atoms with E-state index in [4.69, 9.17) is 11.6 Å². The first kappa shape index (κ1) is 15.6. The SMILES string of the molecule is Cn1cc(N2CC(C(=O)Nc3ccccc3Cl)CCC2=O)cn1. The van der Waals surface area contributed by atoms with Crippen molar-refractivity contribution in [2.75, 3.05) is 16.8 Å². The van der Waals surface area contributed by atoms with E-state index >= 15 is 0 Å². The Hall–Kier alpha value is -2.34. The lowest BCUT2D eigenvalue weighted by atomic mass is 9.96. The average Bonchev–Trinajstić information content (AvgIpc) is 2.96. The zero-order valence-electron chi connectivity index (χ0n) is 12.7. The van der Waals surface area contributed by atoms with Gasteiger partial charge in [-0.2, -0.15) is 5.10 Å². The highest BCUT2D eigenvalue weighted by molar-refractivity contribution is 6.33. The van der Waals surface area contributed by atoms with Crippen molar-refractivity contribution < 1.29 is 9.59 Å². The zero-order valence-corrected chi connectivity index (χ0v) is 13.5. The molecule has 3 rings (SSSR count). The minimum atomic E-state index is -0.274. The van der Waals surface area contributed by atoms with Gasteiger partial charge >= 0.3 is 0 Å². The second-order valence-electron chi connectivity index (χ2n) is 5.58. The summed E-state index contributed by atoms with van der Waals surface area (Å²) in [5, 5.41) is 7.42. The number of hydrogen-bond acceptors (Lipinski definition) is 3. The van der Waals surface area contributed by atoms with Crippen LogP contribution in [0, 0.1) is 5.92 Å². The van der Waals surface area contributed by atoms with Crippen LogP contribution in [-0.2, 0) is 16.6 Å². The Balaban J connectivity index is 1.72. The lowest BCUT2D eigenvalue weighted by Gasteiger charge is -2.31. The summed E-state index contributed by atoms with van der Waals surface area (Å²) < 4.78 is 1.63. The van der Waals surface area contributed by atoms with Crippen LogP contribution < -0.4 is 10.2 Å². The molecule has 2 amide bonds. The molecule has 0 bridgehead atoms. The van der Waals surface area contributed by atoms with Gasteiger partial charge in [-0.1, -0.05) is 23.7 Å². The highest BCUT2D eigenvalue weighted by atomic mass is 35.5. The van der Waals surface area contributed by atoms with Gasteiger partial charge in [-0.25, -0.2) is 0 Å². The Morgan fingerprint density at radius 1 is 1.39 bits per heavy atom. The molecular formula is C16H17ClN4O2. The number of piperidine rings is 1. The van der Waals surface area contributed by atoms with Crippen molar-refractivity contribution in [3.63, 3.8) is 0 Å². The maximum Gasteiger partial charge on any atom is 0.229 e. The average molecular weight is 333 g/mol. The largest absolute Gasteiger partial charge is 0.324 e. The van der Waals surface area contributed by atoms with E-state index in [0.29, 0.717) is 35.8 Å². The number of halogens is 1. The third kappa shape index (κ3) is 3.37. The van der Waals surface area contributed by atoms with Crippen molar-refractivity contribution in [1.29, 1.82) is 0 Å². The molecule has 0 spiro atoms. The molecule has 0 saturated carbocycles. The number of carbonyl (C=O) groups excluding carboxylic acids is 2. The van der Waals surface area contributed by atoms with E-state index in [-0.39, 0.29) is 17.7 Å². The van der Waals surface area contributed by atoms with E-state index in [1.54, 1.807) is 47.2 Å². The Kier molecular flexibility index (Phi) is 4.34. The van der Waals surface area contributed by atoms with Crippen LogP contribution >= 0.6 is 11.6 Å². The fourth-order valence-electron chi connectivity index (χ4n) is 2.65. The molecule has 1 atom stereocenters. The van der Waals surface area contributed by atoms with Crippen LogP contribution in [0.2, 0.25) is 5.02 Å². The molecule has 1 aliphatic rings. The van der Waals surface area contributed by atoms with E-state index in [2.05, 4.69) is 10.4 Å². The number of benzene rings is 1. The lowest BCUT2D eigenvalue weighted by Crippen LogP contribution is -2.44. The summed E-state index contributed by atoms with van der Waals surface area (Å²) in [6.45, 7) is 0.348. The topological polar surface area (TPSA) is 67.2 Å². The molecule has 1 saturated heterocycles. The maximum absolute atomic E-state index is 12.5. The number of nitrogens with zero attached hydrogens (tertiary/aromatic N) is 3. The lowest BCUT2D eigenvalue weighted by molar-refractivity contribution is -0.124. The number of rotatable bonds is 3. The number of amides is 2. The van der Waals surface area contributed by atoms with Gasteiger partial charge in [0.05, 0.1) is 28.5 Å². The third-order valence-corrected chi connectivity index (χ3v) is 4.25. The molecular weight excluding hydrogens is 316 g/mol. The Morgan fingerprint density at radius 3 is 2.87 bits per heavy atom. The summed E-state index contributed by atoms with van der Waals surface area (Å²) in [6, 6.07) is 7.10. The summed E-state index contributed by atoms with van der Waals surface area (Å²) in [6.07, 6.45) is 4.28. The number of para-hydroxylation sites is 1. The number of hydrogen-bond donors (Lipinski definition) is 1. The fraction of sp³-hybridized carbons (Fsp3) is 0.312. The van der Waals surface area contributed by atoms with Gasteiger partial charge in [0.25, 0.3) is 0 Å². The molecule has 1 N–H and O–H groups in total. The highest BCUT2D eigenvalue weighted by Crippen LogP contribution is 2.26. The Morgan fingerprint density at radius 2 is 2.17 bits per heavy atom. The molecule has 1 aliphatic heterocycles. The monoisotopic (exact) mass is 332 g/mol. The third-order valence-electron chi connectivity index (χ3n) is 3.92. The first-order valence-electron chi connectivity index (χ1n) is 7.39. The molecule has 2 heterocycles. The molecule has 1 unspecified atom stereocenters. The van der Waals surface area contributed by atoms with Crippen molar-refractivity contribution in [3.8, 4) is 0 Å². The molecule has 2 aromatic rings. The predicted molar refractivity (Wildman–Crippen MR) is 88.4 cm³/mol. The Bertz CT molecular complexity index is 743. The minimum Gasteiger partial charge on any atom is -0.324 e. The van der Waals surface area contributed by atoms with Crippen LogP contribution in [-0.4, -0.2) is 28.1 Å². The second kappa shape index (κ2) is 6.42. The molecule has 1 fully saturated rings. The summed E-state index contributed by atoms with van der Waals surface area (Å²) in [5.41, 5.74) is 1.30. The normalized spacial score (nSPS) is 18.1. The minimum absolute atomic E-state index is 0.0137. The molecule has 0 radical (unpaired) electrons. The second-order valence-corrected chi connectivity index (χ2v) is 5.99. The van der Waals surface area contributed by atoms with E-state index in [9.17, 15) is 9.59 Å². The van der Waals surface area contributed by atoms with Crippen molar-refractivity contribution in [2.45, 2.75) is 12.8 Å². The van der Waals surface area contributed by atoms with Gasteiger partial charge in [0, 0.05) is 26.2 Å². The standard InChI is InChI=1S/C16H17ClN4O2/c1-20-10-12(8-18-20)21-9-11(6-7-15(21)22)16(23)19-14-5-3-2-4-13(14)17/h2-5,8,10-11H,6-7,9H2,1H3,(H,19,23). The first-order chi connectivity index (χ1) is 11.0. The van der Waals surface area contributed by atoms with Gasteiger partial charge in [-0.3, -0.25) is 14.3 Å². The van der Waals surface area contributed by atoms with Gasteiger partial charge in [0.1, 0.15) is 0 Å². The van der Waals surface area contributed by atoms with Crippen molar-refractivity contribution in [3.05, 3.63) is 41.7 Å². The Labute approximate surface area is 139 Å². The number of aromatic nitrogens is 2. The number of nitrogens with one attached hydrogen (secondary N) is 1. The number of anilines is 2. The van der Waals surface area contributed by atoms with Crippen LogP contribution in [0.25, 0.3) is 0 Å². The van der Waals surface area contributed by atoms with Crippen molar-refractivity contribution in [2.24, 2.45) is 13.0 Å². The van der Waals surface area contributed by atoms with Gasteiger partial charge in [-0.15, -0.1) is 0 Å². The zero-order chi connectivity index (χ0) is 16.4. The van der Waals surface area contributed by atoms with Crippen LogP contribution in [0.1, 0.15) is 12.8 Å². The van der Waals surface area contributed by atoms with Crippen LogP contribution in [0.15, 0.2) is 36.7 Å². The van der Waals surface area contributed by atoms with Gasteiger partial charge in [-0.05, 0) is 18.6 Å². The number of carbonyl (C=O) groups is 2. The fourth-order valence-corrected chi connectivity index (χ4v) is 2.84. The van der Waals surface area contributed by atoms with E-state index < -0.39 is 0 Å². The van der Waals surface area contributed by atoms with E-state index in [0.717, 1.165) is 0 Å². The van der Waals surface area contributed by atoms with Gasteiger partial charge in [0.2, 0.25) is 11.8 Å². The summed E-state index contributed by atoms with van der Waals surface area (Å²) in [4.78, 5) is 26.2. The quantitative estimate of drug-likeness (QED) is 0.938. The first-order valence-corrected chi connectivity index (χ1v) is 7.77. The molecule has 7 heteroatoms. The van der Waals surface area contributed by atoms with Gasteiger partial charge < -0.3 is 10.2 Å². The van der Waals surface area contributed by atoms with Gasteiger partial charge in [0.15, 0.2) is 0 Å². The molecule has 1 aromatic carbocycles. The summed E-state index contributed by atoms with van der Waals surface area (Å²) >= 11 is 6.07.